The maximum absolute atomic E-state index is 12.2. The Bertz CT molecular complexity index is 633. The Hall–Kier alpha value is -2.62. The van der Waals surface area contributed by atoms with Gasteiger partial charge in [-0.15, -0.1) is 0 Å². The highest BCUT2D eigenvalue weighted by Gasteiger charge is 2.10. The van der Waals surface area contributed by atoms with Gasteiger partial charge in [0.15, 0.2) is 5.78 Å². The average Bonchev–Trinajstić information content (AvgIpc) is 2.47. The number of hydrogen-bond acceptors (Lipinski definition) is 3. The quantitative estimate of drug-likeness (QED) is 0.837. The van der Waals surface area contributed by atoms with Gasteiger partial charge in [0.05, 0.1) is 5.56 Å². The Morgan fingerprint density at radius 2 is 1.60 bits per heavy atom. The average molecular weight is 268 g/mol. The fraction of sp³-hybridized carbons (Fsp3) is 0.125. The lowest BCUT2D eigenvalue weighted by molar-refractivity contribution is 0.101. The Morgan fingerprint density at radius 1 is 0.950 bits per heavy atom. The first-order valence-corrected chi connectivity index (χ1v) is 6.31. The van der Waals surface area contributed by atoms with Gasteiger partial charge < -0.3 is 10.6 Å². The molecule has 0 aliphatic heterocycles. The smallest absolute Gasteiger partial charge is 0.257 e. The molecule has 0 radical (unpaired) electrons. The molecule has 4 nitrogen and oxygen atoms in total. The normalized spacial score (nSPS) is 9.90. The summed E-state index contributed by atoms with van der Waals surface area (Å²) in [4.78, 5) is 23.4. The molecule has 102 valence electrons. The van der Waals surface area contributed by atoms with Crippen LogP contribution in [0.4, 0.5) is 11.4 Å². The molecule has 1 amide bonds. The molecular formula is C16H16N2O2. The summed E-state index contributed by atoms with van der Waals surface area (Å²) in [6.07, 6.45) is 0. The number of benzene rings is 2. The summed E-state index contributed by atoms with van der Waals surface area (Å²) in [6.45, 7) is 1.51. The Morgan fingerprint density at radius 3 is 2.20 bits per heavy atom. The van der Waals surface area contributed by atoms with E-state index in [9.17, 15) is 9.59 Å². The monoisotopic (exact) mass is 268 g/mol. The third-order valence-electron chi connectivity index (χ3n) is 2.99. The molecule has 0 atom stereocenters. The standard InChI is InChI=1S/C16H16N2O2/c1-11(19)12-7-9-13(10-8-12)18-16(20)14-5-3-4-6-15(14)17-2/h3-10,17H,1-2H3,(H,18,20). The summed E-state index contributed by atoms with van der Waals surface area (Å²) in [6, 6.07) is 14.1. The van der Waals surface area contributed by atoms with E-state index in [2.05, 4.69) is 10.6 Å². The molecule has 0 aliphatic rings. The summed E-state index contributed by atoms with van der Waals surface area (Å²) >= 11 is 0. The Labute approximate surface area is 117 Å². The third-order valence-corrected chi connectivity index (χ3v) is 2.99. The summed E-state index contributed by atoms with van der Waals surface area (Å²) in [5.41, 5.74) is 2.63. The first kappa shape index (κ1) is 13.8. The van der Waals surface area contributed by atoms with Crippen molar-refractivity contribution in [1.82, 2.24) is 0 Å². The van der Waals surface area contributed by atoms with Crippen LogP contribution in [0.2, 0.25) is 0 Å². The number of nitrogens with one attached hydrogen (secondary N) is 2. The number of hydrogen-bond donors (Lipinski definition) is 2. The molecule has 0 spiro atoms. The van der Waals surface area contributed by atoms with Gasteiger partial charge in [0.25, 0.3) is 5.91 Å². The maximum Gasteiger partial charge on any atom is 0.257 e. The minimum atomic E-state index is -0.189. The highest BCUT2D eigenvalue weighted by Crippen LogP contribution is 2.17. The van der Waals surface area contributed by atoms with Gasteiger partial charge in [-0.3, -0.25) is 9.59 Å². The molecular weight excluding hydrogens is 252 g/mol. The zero-order chi connectivity index (χ0) is 14.5. The molecule has 4 heteroatoms. The van der Waals surface area contributed by atoms with Gasteiger partial charge in [-0.1, -0.05) is 12.1 Å². The molecule has 0 bridgehead atoms. The molecule has 2 aromatic carbocycles. The van der Waals surface area contributed by atoms with E-state index in [1.54, 1.807) is 37.4 Å². The molecule has 0 saturated heterocycles. The van der Waals surface area contributed by atoms with E-state index in [0.717, 1.165) is 5.69 Å². The van der Waals surface area contributed by atoms with Crippen LogP contribution in [-0.2, 0) is 0 Å². The van der Waals surface area contributed by atoms with E-state index in [4.69, 9.17) is 0 Å². The van der Waals surface area contributed by atoms with E-state index in [-0.39, 0.29) is 11.7 Å². The summed E-state index contributed by atoms with van der Waals surface area (Å²) in [5, 5.41) is 5.79. The first-order chi connectivity index (χ1) is 9.61. The predicted molar refractivity (Wildman–Crippen MR) is 80.4 cm³/mol. The van der Waals surface area contributed by atoms with Crippen LogP contribution in [0, 0.1) is 0 Å². The number of Topliss-reactive ketones (excluding diaryl/α,β-unsaturated/α-hetero) is 1. The summed E-state index contributed by atoms with van der Waals surface area (Å²) in [5.74, 6) is -0.186. The lowest BCUT2D eigenvalue weighted by atomic mass is 10.1. The lowest BCUT2D eigenvalue weighted by Gasteiger charge is -2.09. The van der Waals surface area contributed by atoms with Crippen molar-refractivity contribution in [2.24, 2.45) is 0 Å². The highest BCUT2D eigenvalue weighted by atomic mass is 16.1. The SMILES string of the molecule is CNc1ccccc1C(=O)Nc1ccc(C(C)=O)cc1. The predicted octanol–water partition coefficient (Wildman–Crippen LogP) is 3.18. The van der Waals surface area contributed by atoms with Crippen LogP contribution in [0.1, 0.15) is 27.6 Å². The summed E-state index contributed by atoms with van der Waals surface area (Å²) in [7, 11) is 1.77. The van der Waals surface area contributed by atoms with E-state index in [1.165, 1.54) is 6.92 Å². The molecule has 2 aromatic rings. The zero-order valence-electron chi connectivity index (χ0n) is 11.4. The van der Waals surface area contributed by atoms with Crippen LogP contribution < -0.4 is 10.6 Å². The van der Waals surface area contributed by atoms with Crippen LogP contribution in [0.5, 0.6) is 0 Å². The van der Waals surface area contributed by atoms with Crippen LogP contribution in [-0.4, -0.2) is 18.7 Å². The molecule has 20 heavy (non-hydrogen) atoms. The van der Waals surface area contributed by atoms with Crippen molar-refractivity contribution in [3.05, 3.63) is 59.7 Å². The minimum absolute atomic E-state index is 0.00315. The topological polar surface area (TPSA) is 58.2 Å². The molecule has 0 heterocycles. The number of amides is 1. The van der Waals surface area contributed by atoms with E-state index >= 15 is 0 Å². The van der Waals surface area contributed by atoms with E-state index < -0.39 is 0 Å². The van der Waals surface area contributed by atoms with Crippen molar-refractivity contribution in [2.45, 2.75) is 6.92 Å². The van der Waals surface area contributed by atoms with Crippen molar-refractivity contribution in [3.8, 4) is 0 Å². The Balaban J connectivity index is 2.17. The second kappa shape index (κ2) is 6.02. The molecule has 0 aliphatic carbocycles. The van der Waals surface area contributed by atoms with Gasteiger partial charge >= 0.3 is 0 Å². The second-order valence-corrected chi connectivity index (χ2v) is 4.38. The number of anilines is 2. The zero-order valence-corrected chi connectivity index (χ0v) is 11.4. The number of carbonyl (C=O) groups is 2. The van der Waals surface area contributed by atoms with Gasteiger partial charge in [0.2, 0.25) is 0 Å². The van der Waals surface area contributed by atoms with Gasteiger partial charge in [0.1, 0.15) is 0 Å². The molecule has 0 aromatic heterocycles. The van der Waals surface area contributed by atoms with Crippen molar-refractivity contribution in [2.75, 3.05) is 17.7 Å². The lowest BCUT2D eigenvalue weighted by Crippen LogP contribution is -2.13. The highest BCUT2D eigenvalue weighted by molar-refractivity contribution is 6.08. The van der Waals surface area contributed by atoms with Crippen LogP contribution in [0.15, 0.2) is 48.5 Å². The molecule has 2 rings (SSSR count). The van der Waals surface area contributed by atoms with Gasteiger partial charge in [0, 0.05) is 24.0 Å². The van der Waals surface area contributed by atoms with Crippen molar-refractivity contribution < 1.29 is 9.59 Å². The van der Waals surface area contributed by atoms with Crippen LogP contribution in [0.3, 0.4) is 0 Å². The second-order valence-electron chi connectivity index (χ2n) is 4.38. The Kier molecular flexibility index (Phi) is 4.15. The number of rotatable bonds is 4. The number of para-hydroxylation sites is 1. The fourth-order valence-corrected chi connectivity index (χ4v) is 1.89. The number of carbonyl (C=O) groups excluding carboxylic acids is 2. The van der Waals surface area contributed by atoms with E-state index in [1.807, 2.05) is 18.2 Å². The first-order valence-electron chi connectivity index (χ1n) is 6.31. The van der Waals surface area contributed by atoms with Crippen molar-refractivity contribution in [3.63, 3.8) is 0 Å². The maximum atomic E-state index is 12.2. The van der Waals surface area contributed by atoms with Crippen molar-refractivity contribution in [1.29, 1.82) is 0 Å². The molecule has 0 unspecified atom stereocenters. The van der Waals surface area contributed by atoms with Crippen molar-refractivity contribution >= 4 is 23.1 Å². The van der Waals surface area contributed by atoms with Gasteiger partial charge in [-0.25, -0.2) is 0 Å². The van der Waals surface area contributed by atoms with Crippen LogP contribution in [0.25, 0.3) is 0 Å². The minimum Gasteiger partial charge on any atom is -0.387 e. The largest absolute Gasteiger partial charge is 0.387 e. The fourth-order valence-electron chi connectivity index (χ4n) is 1.89. The molecule has 0 fully saturated rings. The third kappa shape index (κ3) is 3.03. The van der Waals surface area contributed by atoms with E-state index in [0.29, 0.717) is 16.8 Å². The van der Waals surface area contributed by atoms with Gasteiger partial charge in [-0.2, -0.15) is 0 Å². The molecule has 2 N–H and O–H groups in total. The van der Waals surface area contributed by atoms with Crippen LogP contribution >= 0.6 is 0 Å². The summed E-state index contributed by atoms with van der Waals surface area (Å²) < 4.78 is 0. The molecule has 0 saturated carbocycles. The number of ketones is 1. The van der Waals surface area contributed by atoms with Gasteiger partial charge in [-0.05, 0) is 43.3 Å².